The van der Waals surface area contributed by atoms with Gasteiger partial charge in [0.2, 0.25) is 11.8 Å². The minimum Gasteiger partial charge on any atom is -0.356 e. The number of rotatable bonds is 11. The third-order valence-electron chi connectivity index (χ3n) is 7.32. The summed E-state index contributed by atoms with van der Waals surface area (Å²) in [5.74, 6) is 1.19. The number of carbonyl (C=O) groups excluding carboxylic acids is 2. The number of carbonyl (C=O) groups is 2. The van der Waals surface area contributed by atoms with Crippen molar-refractivity contribution in [3.63, 3.8) is 0 Å². The molecule has 222 valence electrons. The lowest BCUT2D eigenvalue weighted by Crippen LogP contribution is -2.27. The number of aryl methyl sites for hydroxylation is 2. The molecule has 2 amide bonds. The Bertz CT molecular complexity index is 1660. The van der Waals surface area contributed by atoms with Gasteiger partial charge in [0.25, 0.3) is 0 Å². The molecule has 0 bridgehead atoms. The van der Waals surface area contributed by atoms with Gasteiger partial charge in [0.15, 0.2) is 5.82 Å². The number of halogens is 1. The second-order valence-corrected chi connectivity index (χ2v) is 12.1. The van der Waals surface area contributed by atoms with Gasteiger partial charge >= 0.3 is 0 Å². The lowest BCUT2D eigenvalue weighted by atomic mass is 9.99. The molecule has 0 aliphatic carbocycles. The van der Waals surface area contributed by atoms with Crippen LogP contribution in [0.4, 0.5) is 0 Å². The largest absolute Gasteiger partial charge is 0.356 e. The summed E-state index contributed by atoms with van der Waals surface area (Å²) in [4.78, 5) is 35.5. The average Bonchev–Trinajstić information content (AvgIpc) is 3.48. The number of amides is 2. The first kappa shape index (κ1) is 30.3. The maximum Gasteiger partial charge on any atom is 0.243 e. The van der Waals surface area contributed by atoms with E-state index in [1.165, 1.54) is 11.0 Å². The molecule has 9 nitrogen and oxygen atoms in total. The summed E-state index contributed by atoms with van der Waals surface area (Å²) < 4.78 is 2.05. The Morgan fingerprint density at radius 1 is 1.02 bits per heavy atom. The van der Waals surface area contributed by atoms with E-state index in [9.17, 15) is 9.59 Å². The minimum atomic E-state index is -0.499. The van der Waals surface area contributed by atoms with Gasteiger partial charge in [-0.3, -0.25) is 24.1 Å². The molecular formula is C32H34ClN7O2S. The molecule has 11 heteroatoms. The fourth-order valence-electron chi connectivity index (χ4n) is 4.95. The smallest absolute Gasteiger partial charge is 0.243 e. The molecule has 0 radical (unpaired) electrons. The second-order valence-electron chi connectivity index (χ2n) is 10.4. The number of hydrogen-bond donors (Lipinski definition) is 2. The number of thiophene rings is 1. The van der Waals surface area contributed by atoms with Gasteiger partial charge in [-0.1, -0.05) is 29.8 Å². The summed E-state index contributed by atoms with van der Waals surface area (Å²) in [6.45, 7) is 7.26. The molecule has 1 aromatic carbocycles. The molecule has 0 fully saturated rings. The number of fused-ring (bicyclic) bond motifs is 3. The summed E-state index contributed by atoms with van der Waals surface area (Å²) in [5.41, 5.74) is 4.83. The van der Waals surface area contributed by atoms with E-state index in [-0.39, 0.29) is 18.2 Å². The van der Waals surface area contributed by atoms with Gasteiger partial charge in [0.1, 0.15) is 16.9 Å². The van der Waals surface area contributed by atoms with Crippen LogP contribution in [0.5, 0.6) is 0 Å². The number of aliphatic imine (C=N–C) groups is 1. The summed E-state index contributed by atoms with van der Waals surface area (Å²) >= 11 is 7.88. The topological polar surface area (TPSA) is 114 Å². The number of hydrogen-bond acceptors (Lipinski definition) is 7. The lowest BCUT2D eigenvalue weighted by molar-refractivity contribution is -0.121. The Balaban J connectivity index is 1.18. The van der Waals surface area contributed by atoms with Gasteiger partial charge in [-0.2, -0.15) is 0 Å². The van der Waals surface area contributed by atoms with Crippen molar-refractivity contribution in [2.24, 2.45) is 4.99 Å². The molecule has 0 spiro atoms. The third kappa shape index (κ3) is 7.26. The fraction of sp³-hybridized carbons (Fsp3) is 0.312. The Morgan fingerprint density at radius 2 is 1.79 bits per heavy atom. The lowest BCUT2D eigenvalue weighted by Gasteiger charge is -2.13. The van der Waals surface area contributed by atoms with E-state index in [0.717, 1.165) is 58.1 Å². The Hall–Kier alpha value is -4.15. The molecule has 2 N–H and O–H groups in total. The number of benzene rings is 1. The zero-order valence-electron chi connectivity index (χ0n) is 24.4. The molecule has 5 rings (SSSR count). The van der Waals surface area contributed by atoms with Gasteiger partial charge < -0.3 is 10.6 Å². The zero-order chi connectivity index (χ0) is 30.3. The number of unbranched alkanes of at least 4 members (excludes halogenated alkanes) is 2. The molecule has 1 aliphatic rings. The highest BCUT2D eigenvalue weighted by molar-refractivity contribution is 7.15. The van der Waals surface area contributed by atoms with E-state index in [2.05, 4.69) is 39.7 Å². The van der Waals surface area contributed by atoms with Crippen LogP contribution in [0.3, 0.4) is 0 Å². The van der Waals surface area contributed by atoms with Crippen molar-refractivity contribution in [1.29, 1.82) is 0 Å². The van der Waals surface area contributed by atoms with Crippen molar-refractivity contribution in [3.8, 4) is 5.00 Å². The van der Waals surface area contributed by atoms with Gasteiger partial charge in [-0.05, 0) is 75.4 Å². The Labute approximate surface area is 260 Å². The third-order valence-corrected chi connectivity index (χ3v) is 8.77. The van der Waals surface area contributed by atoms with Crippen LogP contribution >= 0.6 is 22.9 Å². The summed E-state index contributed by atoms with van der Waals surface area (Å²) in [6.07, 6.45) is 9.30. The highest BCUT2D eigenvalue weighted by Crippen LogP contribution is 2.39. The number of pyridine rings is 1. The maximum absolute atomic E-state index is 13.1. The van der Waals surface area contributed by atoms with Gasteiger partial charge in [-0.25, -0.2) is 0 Å². The van der Waals surface area contributed by atoms with Crippen LogP contribution in [0.2, 0.25) is 5.02 Å². The fourth-order valence-corrected chi connectivity index (χ4v) is 6.29. The molecule has 1 aliphatic heterocycles. The van der Waals surface area contributed by atoms with Crippen molar-refractivity contribution >= 4 is 46.5 Å². The number of nitrogens with one attached hydrogen (secondary N) is 2. The molecule has 43 heavy (non-hydrogen) atoms. The quantitative estimate of drug-likeness (QED) is 0.166. The summed E-state index contributed by atoms with van der Waals surface area (Å²) in [6, 6.07) is 10.9. The van der Waals surface area contributed by atoms with E-state index in [4.69, 9.17) is 16.6 Å². The normalized spacial score (nSPS) is 14.1. The van der Waals surface area contributed by atoms with E-state index >= 15 is 0 Å². The van der Waals surface area contributed by atoms with Crippen molar-refractivity contribution < 1.29 is 9.59 Å². The van der Waals surface area contributed by atoms with Crippen molar-refractivity contribution in [3.05, 3.63) is 98.7 Å². The van der Waals surface area contributed by atoms with Gasteiger partial charge in [0, 0.05) is 52.6 Å². The summed E-state index contributed by atoms with van der Waals surface area (Å²) in [7, 11) is 0. The van der Waals surface area contributed by atoms with Crippen molar-refractivity contribution in [2.45, 2.75) is 52.5 Å². The summed E-state index contributed by atoms with van der Waals surface area (Å²) in [5, 5.41) is 16.4. The highest BCUT2D eigenvalue weighted by Gasteiger charge is 2.32. The molecule has 0 unspecified atom stereocenters. The van der Waals surface area contributed by atoms with Crippen molar-refractivity contribution in [1.82, 2.24) is 30.4 Å². The maximum atomic E-state index is 13.1. The van der Waals surface area contributed by atoms with Crippen LogP contribution < -0.4 is 10.6 Å². The number of aromatic nitrogens is 4. The van der Waals surface area contributed by atoms with Crippen LogP contribution in [0.25, 0.3) is 11.1 Å². The van der Waals surface area contributed by atoms with Crippen LogP contribution in [-0.2, 0) is 9.59 Å². The van der Waals surface area contributed by atoms with E-state index < -0.39 is 6.04 Å². The molecule has 3 aromatic heterocycles. The predicted octanol–water partition coefficient (Wildman–Crippen LogP) is 5.70. The van der Waals surface area contributed by atoms with Gasteiger partial charge in [-0.15, -0.1) is 21.5 Å². The first-order valence-electron chi connectivity index (χ1n) is 14.3. The van der Waals surface area contributed by atoms with Crippen LogP contribution in [0.15, 0.2) is 59.9 Å². The molecule has 4 heterocycles. The molecule has 1 atom stereocenters. The van der Waals surface area contributed by atoms with E-state index in [0.29, 0.717) is 23.9 Å². The Kier molecular flexibility index (Phi) is 9.79. The monoisotopic (exact) mass is 615 g/mol. The average molecular weight is 616 g/mol. The van der Waals surface area contributed by atoms with Crippen LogP contribution in [0, 0.1) is 20.8 Å². The second kappa shape index (κ2) is 13.9. The van der Waals surface area contributed by atoms with E-state index in [1.807, 2.05) is 47.9 Å². The molecule has 0 saturated heterocycles. The Morgan fingerprint density at radius 3 is 2.53 bits per heavy atom. The highest BCUT2D eigenvalue weighted by atomic mass is 35.5. The van der Waals surface area contributed by atoms with Crippen LogP contribution in [-0.4, -0.2) is 50.4 Å². The first-order chi connectivity index (χ1) is 20.8. The molecule has 0 saturated carbocycles. The number of nitrogens with zero attached hydrogens (tertiary/aromatic N) is 5. The van der Waals surface area contributed by atoms with Crippen LogP contribution in [0.1, 0.15) is 70.5 Å². The van der Waals surface area contributed by atoms with E-state index in [1.54, 1.807) is 29.8 Å². The first-order valence-corrected chi connectivity index (χ1v) is 15.5. The molecular weight excluding hydrogens is 582 g/mol. The SMILES string of the molecule is Cc1sc2c(c1C)C(c1ccc(Cl)cc1)=N[C@@H](CC(=O)NCCCCCNC(=O)/C=C/c1cccnc1)c1nnc(C)n1-2. The van der Waals surface area contributed by atoms with Crippen molar-refractivity contribution in [2.75, 3.05) is 13.1 Å². The molecule has 4 aromatic rings. The standard InChI is InChI=1S/C32H34ClN7O2S/c1-20-21(2)43-32-29(20)30(24-10-12-25(33)13-11-24)37-26(31-39-38-22(3)40(31)32)18-28(42)36-17-6-4-5-16-35-27(41)14-9-23-8-7-15-34-19-23/h7-15,19,26H,4-6,16-18H2,1-3H3,(H,35,41)(H,36,42)/b14-9+/t26-/m0/s1. The van der Waals surface area contributed by atoms with Gasteiger partial charge in [0.05, 0.1) is 12.1 Å². The predicted molar refractivity (Wildman–Crippen MR) is 171 cm³/mol. The zero-order valence-corrected chi connectivity index (χ0v) is 26.0. The minimum absolute atomic E-state index is 0.0941.